The van der Waals surface area contributed by atoms with E-state index in [9.17, 15) is 21.6 Å². The van der Waals surface area contributed by atoms with Gasteiger partial charge in [-0.2, -0.15) is 13.2 Å². The molecule has 0 bridgehead atoms. The molecule has 1 saturated carbocycles. The lowest BCUT2D eigenvalue weighted by atomic mass is 9.85. The highest BCUT2D eigenvalue weighted by molar-refractivity contribution is 7.89. The number of nitrogens with two attached hydrogens (primary N) is 1. The average molecular weight is 350 g/mol. The van der Waals surface area contributed by atoms with Crippen LogP contribution < -0.4 is 10.5 Å². The highest BCUT2D eigenvalue weighted by Crippen LogP contribution is 2.26. The Morgan fingerprint density at radius 2 is 1.74 bits per heavy atom. The van der Waals surface area contributed by atoms with Crippen LogP contribution in [0.5, 0.6) is 0 Å². The Balaban J connectivity index is 2.10. The van der Waals surface area contributed by atoms with Crippen LogP contribution in [0.15, 0.2) is 29.2 Å². The maximum atomic E-state index is 12.4. The van der Waals surface area contributed by atoms with E-state index in [1.165, 1.54) is 24.3 Å². The Kier molecular flexibility index (Phi) is 5.70. The Bertz CT molecular complexity index is 615. The van der Waals surface area contributed by atoms with Crippen molar-refractivity contribution < 1.29 is 21.6 Å². The zero-order chi connectivity index (χ0) is 17.1. The molecule has 0 aliphatic heterocycles. The van der Waals surface area contributed by atoms with E-state index >= 15 is 0 Å². The molecule has 0 radical (unpaired) electrons. The van der Waals surface area contributed by atoms with Crippen LogP contribution >= 0.6 is 0 Å². The number of rotatable bonds is 5. The molecule has 2 rings (SSSR count). The van der Waals surface area contributed by atoms with Crippen LogP contribution in [0.25, 0.3) is 0 Å². The molecular weight excluding hydrogens is 329 g/mol. The molecule has 23 heavy (non-hydrogen) atoms. The lowest BCUT2D eigenvalue weighted by Crippen LogP contribution is -2.44. The van der Waals surface area contributed by atoms with E-state index in [0.717, 1.165) is 25.7 Å². The second-order valence-corrected chi connectivity index (χ2v) is 7.66. The van der Waals surface area contributed by atoms with Crippen molar-refractivity contribution in [1.82, 2.24) is 4.72 Å². The molecule has 130 valence electrons. The van der Waals surface area contributed by atoms with Crippen LogP contribution in [0.1, 0.15) is 31.2 Å². The quantitative estimate of drug-likeness (QED) is 0.857. The minimum atomic E-state index is -4.31. The Labute approximate surface area is 134 Å². The van der Waals surface area contributed by atoms with E-state index in [1.807, 2.05) is 0 Å². The summed E-state index contributed by atoms with van der Waals surface area (Å²) in [4.78, 5) is -0.0234. The molecule has 0 saturated heterocycles. The van der Waals surface area contributed by atoms with E-state index in [2.05, 4.69) is 4.72 Å². The second kappa shape index (κ2) is 7.19. The standard InChI is InChI=1S/C15H21F3N2O2S/c16-15(17,18)9-11-5-7-13(8-6-11)23(21,22)20-14-4-2-1-3-12(14)10-19/h5-8,12,14,20H,1-4,9-10,19H2. The van der Waals surface area contributed by atoms with Gasteiger partial charge >= 0.3 is 6.18 Å². The molecule has 3 N–H and O–H groups in total. The summed E-state index contributed by atoms with van der Waals surface area (Å²) in [5, 5.41) is 0. The zero-order valence-electron chi connectivity index (χ0n) is 12.6. The van der Waals surface area contributed by atoms with Crippen molar-refractivity contribution in [2.45, 2.75) is 49.2 Å². The van der Waals surface area contributed by atoms with Gasteiger partial charge in [-0.1, -0.05) is 25.0 Å². The number of alkyl halides is 3. The minimum absolute atomic E-state index is 0.0234. The summed E-state index contributed by atoms with van der Waals surface area (Å²) in [5.41, 5.74) is 5.72. The van der Waals surface area contributed by atoms with Gasteiger partial charge in [0, 0.05) is 6.04 Å². The van der Waals surface area contributed by atoms with Gasteiger partial charge in [0.25, 0.3) is 0 Å². The molecule has 8 heteroatoms. The summed E-state index contributed by atoms with van der Waals surface area (Å²) in [6, 6.07) is 4.61. The molecule has 1 aromatic rings. The smallest absolute Gasteiger partial charge is 0.330 e. The molecule has 1 aliphatic rings. The minimum Gasteiger partial charge on any atom is -0.330 e. The van der Waals surface area contributed by atoms with Crippen molar-refractivity contribution in [3.05, 3.63) is 29.8 Å². The topological polar surface area (TPSA) is 72.2 Å². The van der Waals surface area contributed by atoms with E-state index < -0.39 is 22.6 Å². The summed E-state index contributed by atoms with van der Waals surface area (Å²) in [6.07, 6.45) is -1.80. The fraction of sp³-hybridized carbons (Fsp3) is 0.600. The Hall–Kier alpha value is -1.12. The van der Waals surface area contributed by atoms with E-state index in [0.29, 0.717) is 6.54 Å². The van der Waals surface area contributed by atoms with Gasteiger partial charge in [0.15, 0.2) is 0 Å². The van der Waals surface area contributed by atoms with Crippen LogP contribution in [0, 0.1) is 5.92 Å². The molecule has 1 aliphatic carbocycles. The number of sulfonamides is 1. The van der Waals surface area contributed by atoms with Gasteiger partial charge in [-0.15, -0.1) is 0 Å². The molecule has 0 spiro atoms. The monoisotopic (exact) mass is 350 g/mol. The van der Waals surface area contributed by atoms with Crippen LogP contribution in [0.3, 0.4) is 0 Å². The maximum Gasteiger partial charge on any atom is 0.393 e. The van der Waals surface area contributed by atoms with E-state index in [1.54, 1.807) is 0 Å². The molecular formula is C15H21F3N2O2S. The normalized spacial score (nSPS) is 23.0. The highest BCUT2D eigenvalue weighted by Gasteiger charge is 2.30. The van der Waals surface area contributed by atoms with Crippen molar-refractivity contribution in [3.63, 3.8) is 0 Å². The molecule has 0 aromatic heterocycles. The first-order chi connectivity index (χ1) is 10.7. The van der Waals surface area contributed by atoms with E-state index in [-0.39, 0.29) is 22.4 Å². The largest absolute Gasteiger partial charge is 0.393 e. The molecule has 4 nitrogen and oxygen atoms in total. The highest BCUT2D eigenvalue weighted by atomic mass is 32.2. The summed E-state index contributed by atoms with van der Waals surface area (Å²) < 4.78 is 64.4. The Morgan fingerprint density at radius 1 is 1.13 bits per heavy atom. The van der Waals surface area contributed by atoms with Gasteiger partial charge in [0.2, 0.25) is 10.0 Å². The SMILES string of the molecule is NCC1CCCCC1NS(=O)(=O)c1ccc(CC(F)(F)F)cc1. The van der Waals surface area contributed by atoms with Crippen molar-refractivity contribution in [2.24, 2.45) is 11.7 Å². The lowest BCUT2D eigenvalue weighted by molar-refractivity contribution is -0.127. The van der Waals surface area contributed by atoms with Crippen molar-refractivity contribution in [1.29, 1.82) is 0 Å². The maximum absolute atomic E-state index is 12.4. The van der Waals surface area contributed by atoms with Gasteiger partial charge in [0.05, 0.1) is 11.3 Å². The average Bonchev–Trinajstić information content (AvgIpc) is 2.46. The molecule has 0 heterocycles. The van der Waals surface area contributed by atoms with E-state index in [4.69, 9.17) is 5.73 Å². The predicted molar refractivity (Wildman–Crippen MR) is 81.3 cm³/mol. The van der Waals surface area contributed by atoms with Crippen molar-refractivity contribution in [2.75, 3.05) is 6.54 Å². The fourth-order valence-electron chi connectivity index (χ4n) is 2.93. The van der Waals surface area contributed by atoms with Gasteiger partial charge in [-0.25, -0.2) is 13.1 Å². The number of nitrogens with one attached hydrogen (secondary N) is 1. The van der Waals surface area contributed by atoms with Gasteiger partial charge in [0.1, 0.15) is 0 Å². The lowest BCUT2D eigenvalue weighted by Gasteiger charge is -2.31. The summed E-state index contributed by atoms with van der Waals surface area (Å²) in [7, 11) is -3.75. The van der Waals surface area contributed by atoms with Crippen LogP contribution in [-0.4, -0.2) is 27.2 Å². The van der Waals surface area contributed by atoms with Gasteiger partial charge < -0.3 is 5.73 Å². The van der Waals surface area contributed by atoms with Crippen LogP contribution in [-0.2, 0) is 16.4 Å². The number of hydrogen-bond acceptors (Lipinski definition) is 3. The fourth-order valence-corrected chi connectivity index (χ4v) is 4.27. The Morgan fingerprint density at radius 3 is 2.30 bits per heavy atom. The molecule has 2 unspecified atom stereocenters. The summed E-state index contributed by atoms with van der Waals surface area (Å²) in [5.74, 6) is 0.100. The van der Waals surface area contributed by atoms with Gasteiger partial charge in [-0.3, -0.25) is 0 Å². The molecule has 0 amide bonds. The molecule has 1 aromatic carbocycles. The molecule has 1 fully saturated rings. The van der Waals surface area contributed by atoms with Crippen LogP contribution in [0.4, 0.5) is 13.2 Å². The first kappa shape index (κ1) is 18.2. The third-order valence-electron chi connectivity index (χ3n) is 4.16. The zero-order valence-corrected chi connectivity index (χ0v) is 13.5. The molecule has 2 atom stereocenters. The predicted octanol–water partition coefficient (Wildman–Crippen LogP) is 2.59. The number of halogens is 3. The third-order valence-corrected chi connectivity index (χ3v) is 5.66. The summed E-state index contributed by atoms with van der Waals surface area (Å²) in [6.45, 7) is 0.414. The summed E-state index contributed by atoms with van der Waals surface area (Å²) >= 11 is 0. The van der Waals surface area contributed by atoms with Gasteiger partial charge in [-0.05, 0) is 43.0 Å². The number of benzene rings is 1. The third kappa shape index (κ3) is 5.19. The number of hydrogen-bond donors (Lipinski definition) is 2. The van der Waals surface area contributed by atoms with Crippen molar-refractivity contribution >= 4 is 10.0 Å². The second-order valence-electron chi connectivity index (χ2n) is 5.94. The van der Waals surface area contributed by atoms with Crippen LogP contribution in [0.2, 0.25) is 0 Å². The first-order valence-electron chi connectivity index (χ1n) is 7.59. The first-order valence-corrected chi connectivity index (χ1v) is 9.08. The van der Waals surface area contributed by atoms with Crippen molar-refractivity contribution in [3.8, 4) is 0 Å².